The van der Waals surface area contributed by atoms with Crippen LogP contribution in [-0.2, 0) is 7.05 Å². The molecule has 6 nitrogen and oxygen atoms in total. The van der Waals surface area contributed by atoms with Crippen LogP contribution in [0.3, 0.4) is 0 Å². The summed E-state index contributed by atoms with van der Waals surface area (Å²) in [5, 5.41) is 11.4. The molecule has 2 aromatic rings. The van der Waals surface area contributed by atoms with Gasteiger partial charge in [0, 0.05) is 7.05 Å². The van der Waals surface area contributed by atoms with Crippen molar-refractivity contribution in [2.24, 2.45) is 7.05 Å². The summed E-state index contributed by atoms with van der Waals surface area (Å²) in [5.41, 5.74) is -0.203. The minimum absolute atomic E-state index is 0.203. The van der Waals surface area contributed by atoms with Crippen LogP contribution in [0.2, 0.25) is 0 Å². The van der Waals surface area contributed by atoms with E-state index in [1.165, 1.54) is 15.3 Å². The maximum atomic E-state index is 11.2. The highest BCUT2D eigenvalue weighted by Crippen LogP contribution is 1.93. The summed E-state index contributed by atoms with van der Waals surface area (Å²) in [7, 11) is 1.71. The van der Waals surface area contributed by atoms with Crippen LogP contribution < -0.4 is 5.56 Å². The Morgan fingerprint density at radius 2 is 2.17 bits per heavy atom. The second kappa shape index (κ2) is 2.13. The molecule has 2 aromatic heterocycles. The molecule has 0 saturated heterocycles. The normalized spacial score (nSPS) is 10.8. The van der Waals surface area contributed by atoms with Crippen LogP contribution in [0.25, 0.3) is 5.78 Å². The largest absolute Gasteiger partial charge is 0.279 e. The number of nitrogens with zero attached hydrogens (tertiary/aromatic N) is 5. The zero-order valence-corrected chi connectivity index (χ0v) is 6.72. The molecule has 6 heteroatoms. The molecule has 0 aliphatic rings. The average molecular weight is 165 g/mol. The van der Waals surface area contributed by atoms with Gasteiger partial charge < -0.3 is 0 Å². The summed E-state index contributed by atoms with van der Waals surface area (Å²) < 4.78 is 2.91. The van der Waals surface area contributed by atoms with Gasteiger partial charge in [-0.1, -0.05) is 0 Å². The molecule has 0 saturated carbocycles. The third-order valence-corrected chi connectivity index (χ3v) is 1.66. The van der Waals surface area contributed by atoms with Crippen molar-refractivity contribution < 1.29 is 0 Å². The van der Waals surface area contributed by atoms with Crippen molar-refractivity contribution in [1.82, 2.24) is 24.4 Å². The Labute approximate surface area is 67.5 Å². The first kappa shape index (κ1) is 6.96. The second-order valence-corrected chi connectivity index (χ2v) is 2.49. The molecule has 2 rings (SSSR count). The van der Waals surface area contributed by atoms with Gasteiger partial charge in [0.15, 0.2) is 0 Å². The lowest BCUT2D eigenvalue weighted by Crippen LogP contribution is -2.18. The lowest BCUT2D eigenvalue weighted by Gasteiger charge is -1.96. The molecule has 12 heavy (non-hydrogen) atoms. The van der Waals surface area contributed by atoms with E-state index >= 15 is 0 Å². The Hall–Kier alpha value is -1.72. The molecule has 0 aliphatic heterocycles. The predicted octanol–water partition coefficient (Wildman–Crippen LogP) is -0.869. The molecule has 0 aliphatic carbocycles. The minimum atomic E-state index is -0.203. The van der Waals surface area contributed by atoms with Crippen LogP contribution in [0.15, 0.2) is 11.0 Å². The molecule has 0 amide bonds. The summed E-state index contributed by atoms with van der Waals surface area (Å²) in [5.74, 6) is 1.04. The maximum absolute atomic E-state index is 11.2. The van der Waals surface area contributed by atoms with Crippen LogP contribution >= 0.6 is 0 Å². The van der Waals surface area contributed by atoms with E-state index in [4.69, 9.17) is 0 Å². The number of rotatable bonds is 0. The number of fused-ring (bicyclic) bond motifs is 1. The standard InChI is InChI=1S/C6H7N5O/c1-4-8-9-6-10(2)7-3-5(12)11(4)6/h3H,1-2H3. The van der Waals surface area contributed by atoms with E-state index in [9.17, 15) is 4.79 Å². The topological polar surface area (TPSA) is 65.1 Å². The van der Waals surface area contributed by atoms with Gasteiger partial charge in [0.05, 0.1) is 0 Å². The molecule has 0 fully saturated rings. The lowest BCUT2D eigenvalue weighted by atomic mass is 10.7. The summed E-state index contributed by atoms with van der Waals surface area (Å²) in [6.45, 7) is 1.72. The highest BCUT2D eigenvalue weighted by molar-refractivity contribution is 5.25. The van der Waals surface area contributed by atoms with Crippen molar-refractivity contribution in [3.8, 4) is 0 Å². The Morgan fingerprint density at radius 3 is 2.83 bits per heavy atom. The molecule has 62 valence electrons. The lowest BCUT2D eigenvalue weighted by molar-refractivity contribution is 0.718. The fourth-order valence-corrected chi connectivity index (χ4v) is 1.06. The van der Waals surface area contributed by atoms with Crippen LogP contribution in [0.1, 0.15) is 5.82 Å². The molecular weight excluding hydrogens is 158 g/mol. The van der Waals surface area contributed by atoms with Crippen molar-refractivity contribution in [3.63, 3.8) is 0 Å². The number of hydrogen-bond donors (Lipinski definition) is 0. The average Bonchev–Trinajstić information content (AvgIpc) is 2.42. The Kier molecular flexibility index (Phi) is 1.24. The number of hydrogen-bond acceptors (Lipinski definition) is 4. The van der Waals surface area contributed by atoms with Crippen molar-refractivity contribution in [2.75, 3.05) is 0 Å². The quantitative estimate of drug-likeness (QED) is 0.509. The van der Waals surface area contributed by atoms with Crippen molar-refractivity contribution >= 4 is 5.78 Å². The van der Waals surface area contributed by atoms with Crippen LogP contribution in [-0.4, -0.2) is 24.4 Å². The summed E-state index contributed by atoms with van der Waals surface area (Å²) >= 11 is 0. The Morgan fingerprint density at radius 1 is 1.42 bits per heavy atom. The van der Waals surface area contributed by atoms with E-state index in [-0.39, 0.29) is 5.56 Å². The highest BCUT2D eigenvalue weighted by atomic mass is 16.1. The molecule has 0 radical (unpaired) electrons. The predicted molar refractivity (Wildman–Crippen MR) is 40.8 cm³/mol. The highest BCUT2D eigenvalue weighted by Gasteiger charge is 2.05. The van der Waals surface area contributed by atoms with Gasteiger partial charge in [-0.15, -0.1) is 10.2 Å². The van der Waals surface area contributed by atoms with Gasteiger partial charge in [-0.05, 0) is 6.92 Å². The summed E-state index contributed by atoms with van der Waals surface area (Å²) in [4.78, 5) is 11.2. The smallest absolute Gasteiger partial charge is 0.267 e. The van der Waals surface area contributed by atoms with E-state index < -0.39 is 0 Å². The zero-order chi connectivity index (χ0) is 8.72. The molecule has 0 aromatic carbocycles. The van der Waals surface area contributed by atoms with Crippen LogP contribution in [0.4, 0.5) is 0 Å². The van der Waals surface area contributed by atoms with E-state index in [1.807, 2.05) is 0 Å². The van der Waals surface area contributed by atoms with Gasteiger partial charge in [-0.3, -0.25) is 4.79 Å². The second-order valence-electron chi connectivity index (χ2n) is 2.49. The fourth-order valence-electron chi connectivity index (χ4n) is 1.06. The van der Waals surface area contributed by atoms with E-state index in [0.717, 1.165) is 0 Å². The SMILES string of the molecule is Cc1nnc2n(C)ncc(=O)n12. The van der Waals surface area contributed by atoms with Crippen LogP contribution in [0, 0.1) is 6.92 Å². The zero-order valence-electron chi connectivity index (χ0n) is 6.72. The molecule has 0 spiro atoms. The Balaban J connectivity index is 3.09. The molecule has 0 N–H and O–H groups in total. The first-order valence-corrected chi connectivity index (χ1v) is 3.44. The van der Waals surface area contributed by atoms with Gasteiger partial charge in [-0.25, -0.2) is 9.08 Å². The number of aromatic nitrogens is 5. The molecule has 0 unspecified atom stereocenters. The third-order valence-electron chi connectivity index (χ3n) is 1.66. The number of aryl methyl sites for hydroxylation is 2. The summed E-state index contributed by atoms with van der Waals surface area (Å²) in [6, 6.07) is 0. The molecule has 2 heterocycles. The van der Waals surface area contributed by atoms with E-state index in [2.05, 4.69) is 15.3 Å². The van der Waals surface area contributed by atoms with Gasteiger partial charge in [0.25, 0.3) is 11.3 Å². The van der Waals surface area contributed by atoms with E-state index in [0.29, 0.717) is 11.6 Å². The fraction of sp³-hybridized carbons (Fsp3) is 0.333. The molecule has 0 atom stereocenters. The van der Waals surface area contributed by atoms with Gasteiger partial charge in [0.1, 0.15) is 12.0 Å². The first-order chi connectivity index (χ1) is 5.70. The third kappa shape index (κ3) is 0.744. The molecule has 0 bridgehead atoms. The first-order valence-electron chi connectivity index (χ1n) is 3.44. The van der Waals surface area contributed by atoms with Crippen molar-refractivity contribution in [3.05, 3.63) is 22.4 Å². The molecular formula is C6H7N5O. The summed E-state index contributed by atoms with van der Waals surface area (Å²) in [6.07, 6.45) is 1.24. The Bertz CT molecular complexity index is 482. The minimum Gasteiger partial charge on any atom is -0.267 e. The maximum Gasteiger partial charge on any atom is 0.279 e. The van der Waals surface area contributed by atoms with Crippen LogP contribution in [0.5, 0.6) is 0 Å². The van der Waals surface area contributed by atoms with Crippen molar-refractivity contribution in [2.45, 2.75) is 6.92 Å². The van der Waals surface area contributed by atoms with Gasteiger partial charge >= 0.3 is 0 Å². The van der Waals surface area contributed by atoms with Gasteiger partial charge in [-0.2, -0.15) is 5.10 Å². The monoisotopic (exact) mass is 165 g/mol. The van der Waals surface area contributed by atoms with E-state index in [1.54, 1.807) is 14.0 Å². The van der Waals surface area contributed by atoms with Crippen molar-refractivity contribution in [1.29, 1.82) is 0 Å². The van der Waals surface area contributed by atoms with Gasteiger partial charge in [0.2, 0.25) is 0 Å².